The summed E-state index contributed by atoms with van der Waals surface area (Å²) in [5.41, 5.74) is -3.57. The molecule has 1 saturated heterocycles. The van der Waals surface area contributed by atoms with Crippen molar-refractivity contribution in [3.8, 4) is 0 Å². The van der Waals surface area contributed by atoms with Crippen LogP contribution in [0.5, 0.6) is 0 Å². The molecule has 0 radical (unpaired) electrons. The molecule has 1 N–H and O–H groups in total. The summed E-state index contributed by atoms with van der Waals surface area (Å²) in [6.07, 6.45) is -2.02. The van der Waals surface area contributed by atoms with Crippen molar-refractivity contribution in [2.45, 2.75) is 58.7 Å². The first-order valence-electron chi connectivity index (χ1n) is 11.5. The first-order chi connectivity index (χ1) is 17.8. The van der Waals surface area contributed by atoms with Crippen LogP contribution in [0.15, 0.2) is 12.5 Å². The summed E-state index contributed by atoms with van der Waals surface area (Å²) < 4.78 is 60.9. The number of ether oxygens (including phenoxy) is 3. The lowest BCUT2D eigenvalue weighted by atomic mass is 9.98. The molecule has 0 unspecified atom stereocenters. The Bertz CT molecular complexity index is 1240. The summed E-state index contributed by atoms with van der Waals surface area (Å²) in [5.74, 6) is -4.08. The third kappa shape index (κ3) is 6.15. The third-order valence-corrected chi connectivity index (χ3v) is 8.93. The fraction of sp³-hybridized carbons (Fsp3) is 0.619. The molecule has 1 fully saturated rings. The number of halogens is 2. The Morgan fingerprint density at radius 1 is 1.16 bits per heavy atom. The van der Waals surface area contributed by atoms with E-state index in [1.807, 2.05) is 0 Å². The molecule has 210 valence electrons. The lowest BCUT2D eigenvalue weighted by molar-refractivity contribution is -0.158. The predicted octanol–water partition coefficient (Wildman–Crippen LogP) is 2.77. The zero-order chi connectivity index (χ0) is 28.3. The second kappa shape index (κ2) is 12.0. The second-order valence-corrected chi connectivity index (χ2v) is 11.7. The number of nitrogens with zero attached hydrogens (tertiary/aromatic N) is 4. The van der Waals surface area contributed by atoms with Gasteiger partial charge < -0.3 is 23.3 Å². The number of anilines is 1. The largest absolute Gasteiger partial charge is 0.463 e. The summed E-state index contributed by atoms with van der Waals surface area (Å²) in [7, 11) is 0. The average molecular weight is 580 g/mol. The number of carbonyl (C=O) groups excluding carboxylic acids is 3. The Balaban J connectivity index is 2.17. The number of esters is 2. The van der Waals surface area contributed by atoms with E-state index < -0.39 is 61.0 Å². The van der Waals surface area contributed by atoms with Crippen molar-refractivity contribution < 1.29 is 46.4 Å². The molecule has 2 aromatic heterocycles. The van der Waals surface area contributed by atoms with E-state index in [4.69, 9.17) is 35.1 Å². The molecule has 1 amide bonds. The van der Waals surface area contributed by atoms with Crippen molar-refractivity contribution in [1.29, 1.82) is 0 Å². The Morgan fingerprint density at radius 3 is 2.37 bits per heavy atom. The van der Waals surface area contributed by atoms with Crippen LogP contribution in [0.25, 0.3) is 11.2 Å². The van der Waals surface area contributed by atoms with Crippen LogP contribution in [0.2, 0.25) is 0 Å². The zero-order valence-corrected chi connectivity index (χ0v) is 23.0. The normalized spacial score (nSPS) is 21.9. The Morgan fingerprint density at radius 2 is 1.82 bits per heavy atom. The van der Waals surface area contributed by atoms with E-state index in [-0.39, 0.29) is 30.3 Å². The molecule has 0 aliphatic carbocycles. The van der Waals surface area contributed by atoms with E-state index in [0.29, 0.717) is 0 Å². The van der Waals surface area contributed by atoms with Crippen molar-refractivity contribution in [3.05, 3.63) is 12.5 Å². The summed E-state index contributed by atoms with van der Waals surface area (Å²) >= 11 is 5.23. The number of nitrogens with one attached hydrogen (secondary N) is 1. The zero-order valence-electron chi connectivity index (χ0n) is 21.3. The first kappa shape index (κ1) is 29.9. The molecule has 3 rings (SSSR count). The minimum atomic E-state index is -4.32. The van der Waals surface area contributed by atoms with E-state index in [1.165, 1.54) is 37.9 Å². The van der Waals surface area contributed by atoms with E-state index in [2.05, 4.69) is 20.3 Å². The average Bonchev–Trinajstić information content (AvgIpc) is 3.38. The molecule has 1 aliphatic heterocycles. The van der Waals surface area contributed by atoms with Crippen LogP contribution in [0.1, 0.15) is 40.8 Å². The fourth-order valence-corrected chi connectivity index (χ4v) is 6.78. The van der Waals surface area contributed by atoms with Gasteiger partial charge in [-0.2, -0.15) is 13.8 Å². The SMILES string of the molecule is CCOP(=S)(OCC)C(F)(F)[C@H]1[C@@H](OC(C)=O)[C@H](n2cnc3cnc(NC(C)=O)nc32)O[C@@H]1COC(C)=O. The fourth-order valence-electron chi connectivity index (χ4n) is 4.00. The quantitative estimate of drug-likeness (QED) is 0.308. The first-order valence-corrected chi connectivity index (χ1v) is 14.2. The van der Waals surface area contributed by atoms with E-state index >= 15 is 8.78 Å². The number of hydrogen-bond acceptors (Lipinski definition) is 12. The van der Waals surface area contributed by atoms with Gasteiger partial charge in [-0.05, 0) is 25.7 Å². The van der Waals surface area contributed by atoms with Crippen molar-refractivity contribution >= 4 is 53.3 Å². The highest BCUT2D eigenvalue weighted by molar-refractivity contribution is 8.10. The summed E-state index contributed by atoms with van der Waals surface area (Å²) in [4.78, 5) is 47.5. The van der Waals surface area contributed by atoms with Crippen LogP contribution in [0, 0.1) is 5.92 Å². The molecule has 0 bridgehead atoms. The standard InChI is InChI=1S/C21H28F2N5O8PS/c1-6-33-37(38,34-7-2)21(22,23)16-15(9-32-12(4)30)36-19(17(16)35-13(5)31)28-10-25-14-8-24-20(26-11(3)29)27-18(14)28/h8,10,15-17,19H,6-7,9H2,1-5H3,(H,24,26,27,29)/t15-,16-,17-,19-/m1/s1. The third-order valence-electron chi connectivity index (χ3n) is 5.34. The molecular weight excluding hydrogens is 551 g/mol. The van der Waals surface area contributed by atoms with Gasteiger partial charge in [0.25, 0.3) is 6.49 Å². The van der Waals surface area contributed by atoms with Gasteiger partial charge in [0.15, 0.2) is 18.0 Å². The van der Waals surface area contributed by atoms with Gasteiger partial charge in [0, 0.05) is 20.8 Å². The molecule has 1 aliphatic rings. The van der Waals surface area contributed by atoms with Gasteiger partial charge in [0.1, 0.15) is 24.1 Å². The number of carbonyl (C=O) groups is 3. The summed E-state index contributed by atoms with van der Waals surface area (Å²) in [6, 6.07) is 0. The highest BCUT2D eigenvalue weighted by Gasteiger charge is 2.66. The van der Waals surface area contributed by atoms with E-state index in [1.54, 1.807) is 0 Å². The molecule has 13 nitrogen and oxygen atoms in total. The van der Waals surface area contributed by atoms with Gasteiger partial charge in [-0.1, -0.05) is 0 Å². The Kier molecular flexibility index (Phi) is 9.47. The molecule has 0 spiro atoms. The molecule has 17 heteroatoms. The highest BCUT2D eigenvalue weighted by atomic mass is 32.5. The maximum Gasteiger partial charge on any atom is 0.329 e. The summed E-state index contributed by atoms with van der Waals surface area (Å²) in [5, 5.41) is 2.42. The van der Waals surface area contributed by atoms with Gasteiger partial charge >= 0.3 is 17.6 Å². The number of fused-ring (bicyclic) bond motifs is 1. The molecule has 0 saturated carbocycles. The number of aromatic nitrogens is 4. The van der Waals surface area contributed by atoms with Gasteiger partial charge in [-0.15, -0.1) is 0 Å². The van der Waals surface area contributed by atoms with Crippen LogP contribution in [-0.4, -0.2) is 75.1 Å². The molecule has 38 heavy (non-hydrogen) atoms. The van der Waals surface area contributed by atoms with Crippen LogP contribution in [-0.2, 0) is 49.4 Å². The minimum absolute atomic E-state index is 0.0738. The van der Waals surface area contributed by atoms with Crippen LogP contribution < -0.4 is 5.32 Å². The van der Waals surface area contributed by atoms with Crippen molar-refractivity contribution in [2.24, 2.45) is 5.92 Å². The van der Waals surface area contributed by atoms with E-state index in [0.717, 1.165) is 13.8 Å². The molecule has 0 aromatic carbocycles. The Labute approximate surface area is 221 Å². The molecule has 4 atom stereocenters. The molecular formula is C21H28F2N5O8PS. The maximum absolute atomic E-state index is 16.3. The van der Waals surface area contributed by atoms with Crippen LogP contribution in [0.3, 0.4) is 0 Å². The second-order valence-electron chi connectivity index (χ2n) is 8.12. The number of imidazole rings is 1. The topological polar surface area (TPSA) is 153 Å². The van der Waals surface area contributed by atoms with Gasteiger partial charge in [-0.3, -0.25) is 24.3 Å². The van der Waals surface area contributed by atoms with Crippen LogP contribution in [0.4, 0.5) is 14.7 Å². The minimum Gasteiger partial charge on any atom is -0.463 e. The number of hydrogen-bond donors (Lipinski definition) is 1. The van der Waals surface area contributed by atoms with Gasteiger partial charge in [0.05, 0.1) is 25.7 Å². The Hall–Kier alpha value is -2.65. The molecule has 3 heterocycles. The highest BCUT2D eigenvalue weighted by Crippen LogP contribution is 2.68. The number of amides is 1. The van der Waals surface area contributed by atoms with Crippen molar-refractivity contribution in [1.82, 2.24) is 19.5 Å². The number of alkyl halides is 2. The van der Waals surface area contributed by atoms with E-state index in [9.17, 15) is 14.4 Å². The maximum atomic E-state index is 16.3. The monoisotopic (exact) mass is 579 g/mol. The predicted molar refractivity (Wildman–Crippen MR) is 132 cm³/mol. The van der Waals surface area contributed by atoms with Gasteiger partial charge in [-0.25, -0.2) is 9.97 Å². The smallest absolute Gasteiger partial charge is 0.329 e. The van der Waals surface area contributed by atoms with Crippen molar-refractivity contribution in [3.63, 3.8) is 0 Å². The van der Waals surface area contributed by atoms with Gasteiger partial charge in [0.2, 0.25) is 11.9 Å². The van der Waals surface area contributed by atoms with Crippen LogP contribution >= 0.6 is 6.49 Å². The summed E-state index contributed by atoms with van der Waals surface area (Å²) in [6.45, 7) is 1.16. The molecule has 2 aromatic rings. The lowest BCUT2D eigenvalue weighted by Crippen LogP contribution is -2.45. The van der Waals surface area contributed by atoms with Crippen molar-refractivity contribution in [2.75, 3.05) is 25.1 Å². The number of rotatable bonds is 11. The lowest BCUT2D eigenvalue weighted by Gasteiger charge is -2.36.